The number of rotatable bonds is 11. The minimum atomic E-state index is -4.19. The number of amides is 2. The van der Waals surface area contributed by atoms with Gasteiger partial charge in [0.1, 0.15) is 18.4 Å². The lowest BCUT2D eigenvalue weighted by molar-refractivity contribution is -0.139. The van der Waals surface area contributed by atoms with Crippen molar-refractivity contribution in [3.8, 4) is 0 Å². The molecule has 3 aromatic rings. The largest absolute Gasteiger partial charge is 0.352 e. The normalized spacial score (nSPS) is 12.9. The van der Waals surface area contributed by atoms with Gasteiger partial charge in [-0.05, 0) is 74.7 Å². The molecule has 0 aliphatic rings. The Morgan fingerprint density at radius 3 is 2.23 bits per heavy atom. The third-order valence-corrected chi connectivity index (χ3v) is 8.74. The molecular formula is C29H33ClFN3O4S. The van der Waals surface area contributed by atoms with Crippen LogP contribution in [0.5, 0.6) is 0 Å². The van der Waals surface area contributed by atoms with E-state index in [-0.39, 0.29) is 29.1 Å². The Hall–Kier alpha value is -3.43. The first-order chi connectivity index (χ1) is 18.4. The van der Waals surface area contributed by atoms with E-state index >= 15 is 0 Å². The number of sulfonamides is 1. The van der Waals surface area contributed by atoms with Gasteiger partial charge in [0, 0.05) is 17.6 Å². The molecule has 0 spiro atoms. The predicted octanol–water partition coefficient (Wildman–Crippen LogP) is 5.31. The van der Waals surface area contributed by atoms with Gasteiger partial charge in [-0.2, -0.15) is 0 Å². The van der Waals surface area contributed by atoms with Gasteiger partial charge in [-0.15, -0.1) is 0 Å². The lowest BCUT2D eigenvalue weighted by Crippen LogP contribution is -2.52. The minimum absolute atomic E-state index is 0.00447. The van der Waals surface area contributed by atoms with Gasteiger partial charge in [-0.3, -0.25) is 13.9 Å². The van der Waals surface area contributed by atoms with Crippen LogP contribution in [0.15, 0.2) is 77.7 Å². The summed E-state index contributed by atoms with van der Waals surface area (Å²) in [5.74, 6) is -1.42. The highest BCUT2D eigenvalue weighted by Crippen LogP contribution is 2.31. The van der Waals surface area contributed by atoms with E-state index in [1.807, 2.05) is 13.8 Å². The van der Waals surface area contributed by atoms with Crippen molar-refractivity contribution in [3.05, 3.63) is 94.8 Å². The first-order valence-corrected chi connectivity index (χ1v) is 14.4. The molecule has 0 fully saturated rings. The standard InChI is InChI=1S/C29H33ClFN3O4S/c1-5-20(2)32-29(36)22(4)33(18-23-14-16-24(31)17-15-23)28(35)19-34(27-13-9-12-26(30)21(27)3)39(37,38)25-10-7-6-8-11-25/h6-17,20,22H,5,18-19H2,1-4H3,(H,32,36)/t20-,22+/m1/s1. The molecule has 10 heteroatoms. The summed E-state index contributed by atoms with van der Waals surface area (Å²) in [5, 5.41) is 3.22. The van der Waals surface area contributed by atoms with Gasteiger partial charge >= 0.3 is 0 Å². The molecule has 0 aromatic heterocycles. The van der Waals surface area contributed by atoms with Gasteiger partial charge in [0.2, 0.25) is 11.8 Å². The van der Waals surface area contributed by atoms with E-state index in [1.54, 1.807) is 50.2 Å². The SMILES string of the molecule is CC[C@@H](C)NC(=O)[C@H](C)N(Cc1ccc(F)cc1)C(=O)CN(c1cccc(Cl)c1C)S(=O)(=O)c1ccccc1. The molecule has 0 aliphatic carbocycles. The van der Waals surface area contributed by atoms with Gasteiger partial charge in [0.15, 0.2) is 0 Å². The van der Waals surface area contributed by atoms with Crippen LogP contribution < -0.4 is 9.62 Å². The van der Waals surface area contributed by atoms with Crippen molar-refractivity contribution < 1.29 is 22.4 Å². The summed E-state index contributed by atoms with van der Waals surface area (Å²) in [6.07, 6.45) is 0.696. The van der Waals surface area contributed by atoms with Crippen molar-refractivity contribution in [3.63, 3.8) is 0 Å². The smallest absolute Gasteiger partial charge is 0.264 e. The van der Waals surface area contributed by atoms with Crippen molar-refractivity contribution in [1.29, 1.82) is 0 Å². The van der Waals surface area contributed by atoms with E-state index in [2.05, 4.69) is 5.32 Å². The molecular weight excluding hydrogens is 541 g/mol. The number of anilines is 1. The zero-order valence-electron chi connectivity index (χ0n) is 22.4. The van der Waals surface area contributed by atoms with Crippen molar-refractivity contribution in [2.75, 3.05) is 10.8 Å². The molecule has 0 aliphatic heterocycles. The molecule has 1 N–H and O–H groups in total. The molecule has 2 atom stereocenters. The second-order valence-electron chi connectivity index (χ2n) is 9.35. The minimum Gasteiger partial charge on any atom is -0.352 e. The lowest BCUT2D eigenvalue weighted by atomic mass is 10.1. The zero-order chi connectivity index (χ0) is 28.7. The fourth-order valence-corrected chi connectivity index (χ4v) is 5.60. The Bertz CT molecular complexity index is 1400. The third-order valence-electron chi connectivity index (χ3n) is 6.55. The summed E-state index contributed by atoms with van der Waals surface area (Å²) in [4.78, 5) is 28.3. The van der Waals surface area contributed by atoms with Crippen LogP contribution in [0.25, 0.3) is 0 Å². The van der Waals surface area contributed by atoms with Crippen LogP contribution in [-0.2, 0) is 26.2 Å². The van der Waals surface area contributed by atoms with E-state index in [0.717, 1.165) is 4.31 Å². The van der Waals surface area contributed by atoms with Gasteiger partial charge in [0.05, 0.1) is 10.6 Å². The van der Waals surface area contributed by atoms with Crippen LogP contribution in [0, 0.1) is 12.7 Å². The average Bonchev–Trinajstić information content (AvgIpc) is 2.92. The highest BCUT2D eigenvalue weighted by Gasteiger charge is 2.33. The maximum atomic E-state index is 13.9. The number of nitrogens with zero attached hydrogens (tertiary/aromatic N) is 2. The summed E-state index contributed by atoms with van der Waals surface area (Å²) < 4.78 is 42.2. The molecule has 3 rings (SSSR count). The Kier molecular flexibility index (Phi) is 10.1. The molecule has 7 nitrogen and oxygen atoms in total. The maximum absolute atomic E-state index is 13.9. The summed E-state index contributed by atoms with van der Waals surface area (Å²) in [6.45, 7) is 6.43. The number of hydrogen-bond acceptors (Lipinski definition) is 4. The zero-order valence-corrected chi connectivity index (χ0v) is 24.0. The first kappa shape index (κ1) is 30.1. The van der Waals surface area contributed by atoms with Crippen LogP contribution in [-0.4, -0.2) is 43.8 Å². The van der Waals surface area contributed by atoms with Gasteiger partial charge < -0.3 is 10.2 Å². The molecule has 0 saturated carbocycles. The van der Waals surface area contributed by atoms with Gasteiger partial charge in [-0.1, -0.05) is 54.9 Å². The summed E-state index contributed by atoms with van der Waals surface area (Å²) >= 11 is 6.33. The maximum Gasteiger partial charge on any atom is 0.264 e. The molecule has 3 aromatic carbocycles. The Balaban J connectivity index is 2.05. The second kappa shape index (κ2) is 13.1. The Labute approximate surface area is 234 Å². The highest BCUT2D eigenvalue weighted by molar-refractivity contribution is 7.92. The van der Waals surface area contributed by atoms with Crippen LogP contribution in [0.3, 0.4) is 0 Å². The second-order valence-corrected chi connectivity index (χ2v) is 11.6. The molecule has 0 heterocycles. The monoisotopic (exact) mass is 573 g/mol. The van der Waals surface area contributed by atoms with Crippen molar-refractivity contribution in [2.24, 2.45) is 0 Å². The molecule has 0 radical (unpaired) electrons. The summed E-state index contributed by atoms with van der Waals surface area (Å²) in [5.41, 5.74) is 1.32. The number of carbonyl (C=O) groups is 2. The van der Waals surface area contributed by atoms with Crippen molar-refractivity contribution >= 4 is 39.1 Å². The first-order valence-electron chi connectivity index (χ1n) is 12.6. The van der Waals surface area contributed by atoms with Crippen LogP contribution in [0.2, 0.25) is 5.02 Å². The molecule has 2 amide bonds. The molecule has 0 unspecified atom stereocenters. The number of halogens is 2. The van der Waals surface area contributed by atoms with E-state index in [4.69, 9.17) is 11.6 Å². The average molecular weight is 574 g/mol. The molecule has 39 heavy (non-hydrogen) atoms. The van der Waals surface area contributed by atoms with E-state index in [9.17, 15) is 22.4 Å². The summed E-state index contributed by atoms with van der Waals surface area (Å²) in [6, 6.07) is 17.1. The highest BCUT2D eigenvalue weighted by atomic mass is 35.5. The van der Waals surface area contributed by atoms with E-state index in [1.165, 1.54) is 41.3 Å². The number of benzene rings is 3. The van der Waals surface area contributed by atoms with E-state index < -0.39 is 34.3 Å². The quantitative estimate of drug-likeness (QED) is 0.337. The Morgan fingerprint density at radius 2 is 1.62 bits per heavy atom. The predicted molar refractivity (Wildman–Crippen MR) is 151 cm³/mol. The molecule has 0 bridgehead atoms. The van der Waals surface area contributed by atoms with Crippen LogP contribution in [0.1, 0.15) is 38.3 Å². The van der Waals surface area contributed by atoms with Gasteiger partial charge in [-0.25, -0.2) is 12.8 Å². The summed E-state index contributed by atoms with van der Waals surface area (Å²) in [7, 11) is -4.19. The van der Waals surface area contributed by atoms with Crippen LogP contribution in [0.4, 0.5) is 10.1 Å². The van der Waals surface area contributed by atoms with E-state index in [0.29, 0.717) is 22.6 Å². The van der Waals surface area contributed by atoms with Crippen molar-refractivity contribution in [2.45, 2.75) is 57.6 Å². The molecule has 208 valence electrons. The number of hydrogen-bond donors (Lipinski definition) is 1. The fraction of sp³-hybridized carbons (Fsp3) is 0.310. The number of carbonyl (C=O) groups excluding carboxylic acids is 2. The van der Waals surface area contributed by atoms with Crippen LogP contribution >= 0.6 is 11.6 Å². The molecule has 0 saturated heterocycles. The Morgan fingerprint density at radius 1 is 0.974 bits per heavy atom. The number of nitrogens with one attached hydrogen (secondary N) is 1. The lowest BCUT2D eigenvalue weighted by Gasteiger charge is -2.33. The van der Waals surface area contributed by atoms with Crippen molar-refractivity contribution in [1.82, 2.24) is 10.2 Å². The fourth-order valence-electron chi connectivity index (χ4n) is 3.93. The third kappa shape index (κ3) is 7.36. The van der Waals surface area contributed by atoms with Gasteiger partial charge in [0.25, 0.3) is 10.0 Å². The topological polar surface area (TPSA) is 86.8 Å².